The SMILES string of the molecule is Cc1cccc(NC(C(=O)O)c2ccc(Br)cc2Cl)c1. The summed E-state index contributed by atoms with van der Waals surface area (Å²) in [5.41, 5.74) is 2.33. The van der Waals surface area contributed by atoms with Crippen LogP contribution < -0.4 is 5.32 Å². The van der Waals surface area contributed by atoms with Gasteiger partial charge in [-0.3, -0.25) is 0 Å². The summed E-state index contributed by atoms with van der Waals surface area (Å²) in [6.07, 6.45) is 0. The quantitative estimate of drug-likeness (QED) is 0.840. The molecule has 5 heteroatoms. The van der Waals surface area contributed by atoms with Gasteiger partial charge < -0.3 is 10.4 Å². The average Bonchev–Trinajstić information content (AvgIpc) is 2.36. The van der Waals surface area contributed by atoms with E-state index in [-0.39, 0.29) is 0 Å². The molecule has 0 saturated heterocycles. The highest BCUT2D eigenvalue weighted by Crippen LogP contribution is 2.29. The monoisotopic (exact) mass is 353 g/mol. The number of hydrogen-bond donors (Lipinski definition) is 2. The van der Waals surface area contributed by atoms with Gasteiger partial charge in [-0.15, -0.1) is 0 Å². The lowest BCUT2D eigenvalue weighted by Gasteiger charge is -2.18. The Morgan fingerprint density at radius 3 is 2.65 bits per heavy atom. The fourth-order valence-corrected chi connectivity index (χ4v) is 2.69. The summed E-state index contributed by atoms with van der Waals surface area (Å²) in [4.78, 5) is 11.5. The number of rotatable bonds is 4. The molecular weight excluding hydrogens is 342 g/mol. The van der Waals surface area contributed by atoms with Crippen molar-refractivity contribution < 1.29 is 9.90 Å². The molecule has 0 spiro atoms. The standard InChI is InChI=1S/C15H13BrClNO2/c1-9-3-2-4-11(7-9)18-14(15(19)20)12-6-5-10(16)8-13(12)17/h2-8,14,18H,1H3,(H,19,20). The zero-order valence-corrected chi connectivity index (χ0v) is 13.1. The van der Waals surface area contributed by atoms with Gasteiger partial charge in [-0.25, -0.2) is 4.79 Å². The molecule has 0 fully saturated rings. The number of aryl methyl sites for hydroxylation is 1. The molecule has 104 valence electrons. The van der Waals surface area contributed by atoms with Crippen molar-refractivity contribution in [1.29, 1.82) is 0 Å². The summed E-state index contributed by atoms with van der Waals surface area (Å²) in [6, 6.07) is 11.8. The fraction of sp³-hybridized carbons (Fsp3) is 0.133. The van der Waals surface area contributed by atoms with Crippen LogP contribution in [0.1, 0.15) is 17.2 Å². The van der Waals surface area contributed by atoms with Gasteiger partial charge >= 0.3 is 5.97 Å². The first-order chi connectivity index (χ1) is 9.47. The second-order valence-electron chi connectivity index (χ2n) is 4.45. The number of anilines is 1. The number of halogens is 2. The first-order valence-electron chi connectivity index (χ1n) is 5.98. The van der Waals surface area contributed by atoms with Gasteiger partial charge in [0.05, 0.1) is 0 Å². The Morgan fingerprint density at radius 2 is 2.05 bits per heavy atom. The molecule has 0 aromatic heterocycles. The van der Waals surface area contributed by atoms with Crippen molar-refractivity contribution in [3.05, 3.63) is 63.1 Å². The number of carboxylic acid groups (broad SMARTS) is 1. The maximum absolute atomic E-state index is 11.5. The van der Waals surface area contributed by atoms with Crippen molar-refractivity contribution in [1.82, 2.24) is 0 Å². The van der Waals surface area contributed by atoms with Gasteiger partial charge in [0.25, 0.3) is 0 Å². The van der Waals surface area contributed by atoms with Crippen molar-refractivity contribution in [2.75, 3.05) is 5.32 Å². The third kappa shape index (κ3) is 3.52. The second-order valence-corrected chi connectivity index (χ2v) is 5.77. The molecule has 0 amide bonds. The molecular formula is C15H13BrClNO2. The van der Waals surface area contributed by atoms with Crippen molar-refractivity contribution >= 4 is 39.2 Å². The third-order valence-corrected chi connectivity index (χ3v) is 3.67. The molecule has 0 aliphatic rings. The molecule has 20 heavy (non-hydrogen) atoms. The van der Waals surface area contributed by atoms with Gasteiger partial charge in [0.1, 0.15) is 0 Å². The number of aliphatic carboxylic acids is 1. The predicted molar refractivity (Wildman–Crippen MR) is 84.3 cm³/mol. The molecule has 2 aromatic carbocycles. The van der Waals surface area contributed by atoms with Crippen LogP contribution in [0.25, 0.3) is 0 Å². The number of hydrogen-bond acceptors (Lipinski definition) is 2. The van der Waals surface area contributed by atoms with Crippen LogP contribution in [0.4, 0.5) is 5.69 Å². The largest absolute Gasteiger partial charge is 0.479 e. The van der Waals surface area contributed by atoms with Crippen LogP contribution >= 0.6 is 27.5 Å². The molecule has 2 rings (SSSR count). The number of carbonyl (C=O) groups is 1. The van der Waals surface area contributed by atoms with E-state index in [2.05, 4.69) is 21.2 Å². The Kier molecular flexibility index (Phi) is 4.68. The molecule has 1 unspecified atom stereocenters. The molecule has 0 heterocycles. The van der Waals surface area contributed by atoms with Crippen molar-refractivity contribution in [3.63, 3.8) is 0 Å². The van der Waals surface area contributed by atoms with E-state index in [1.54, 1.807) is 18.2 Å². The molecule has 0 aliphatic heterocycles. The molecule has 0 radical (unpaired) electrons. The number of benzene rings is 2. The first kappa shape index (κ1) is 14.9. The molecule has 0 bridgehead atoms. The van der Waals surface area contributed by atoms with Gasteiger partial charge in [-0.1, -0.05) is 45.7 Å². The molecule has 0 aliphatic carbocycles. The van der Waals surface area contributed by atoms with E-state index in [1.165, 1.54) is 0 Å². The lowest BCUT2D eigenvalue weighted by molar-refractivity contribution is -0.138. The maximum Gasteiger partial charge on any atom is 0.330 e. The van der Waals surface area contributed by atoms with E-state index in [0.29, 0.717) is 10.6 Å². The Morgan fingerprint density at radius 1 is 1.30 bits per heavy atom. The maximum atomic E-state index is 11.5. The first-order valence-corrected chi connectivity index (χ1v) is 7.15. The van der Waals surface area contributed by atoms with E-state index in [1.807, 2.05) is 31.2 Å². The fourth-order valence-electron chi connectivity index (χ4n) is 1.91. The minimum Gasteiger partial charge on any atom is -0.479 e. The molecule has 2 N–H and O–H groups in total. The van der Waals surface area contributed by atoms with Gasteiger partial charge in [0.15, 0.2) is 6.04 Å². The minimum absolute atomic E-state index is 0.409. The topological polar surface area (TPSA) is 49.3 Å². The predicted octanol–water partition coefficient (Wildman–Crippen LogP) is 4.65. The summed E-state index contributed by atoms with van der Waals surface area (Å²) in [5, 5.41) is 12.8. The number of carboxylic acids is 1. The van der Waals surface area contributed by atoms with E-state index in [9.17, 15) is 9.90 Å². The van der Waals surface area contributed by atoms with Gasteiger partial charge in [0, 0.05) is 20.7 Å². The Labute approximate surface area is 130 Å². The number of nitrogens with one attached hydrogen (secondary N) is 1. The zero-order chi connectivity index (χ0) is 14.7. The summed E-state index contributed by atoms with van der Waals surface area (Å²) in [7, 11) is 0. The van der Waals surface area contributed by atoms with Gasteiger partial charge in [0.2, 0.25) is 0 Å². The lowest BCUT2D eigenvalue weighted by atomic mass is 10.1. The van der Waals surface area contributed by atoms with Crippen LogP contribution in [0.15, 0.2) is 46.9 Å². The van der Waals surface area contributed by atoms with E-state index in [0.717, 1.165) is 15.7 Å². The third-order valence-electron chi connectivity index (χ3n) is 2.85. The average molecular weight is 355 g/mol. The Hall–Kier alpha value is -1.52. The van der Waals surface area contributed by atoms with Crippen LogP contribution in [-0.2, 0) is 4.79 Å². The lowest BCUT2D eigenvalue weighted by Crippen LogP contribution is -2.20. The Bertz CT molecular complexity index is 646. The summed E-state index contributed by atoms with van der Waals surface area (Å²) in [6.45, 7) is 1.95. The van der Waals surface area contributed by atoms with E-state index >= 15 is 0 Å². The highest BCUT2D eigenvalue weighted by Gasteiger charge is 2.22. The van der Waals surface area contributed by atoms with E-state index in [4.69, 9.17) is 11.6 Å². The van der Waals surface area contributed by atoms with Gasteiger partial charge in [-0.2, -0.15) is 0 Å². The summed E-state index contributed by atoms with van der Waals surface area (Å²) < 4.78 is 0.811. The van der Waals surface area contributed by atoms with Crippen LogP contribution in [0.3, 0.4) is 0 Å². The minimum atomic E-state index is -0.976. The van der Waals surface area contributed by atoms with Crippen LogP contribution in [0, 0.1) is 6.92 Å². The van der Waals surface area contributed by atoms with E-state index < -0.39 is 12.0 Å². The van der Waals surface area contributed by atoms with Crippen molar-refractivity contribution in [2.45, 2.75) is 13.0 Å². The van der Waals surface area contributed by atoms with Crippen LogP contribution in [-0.4, -0.2) is 11.1 Å². The molecule has 2 aromatic rings. The normalized spacial score (nSPS) is 11.9. The second kappa shape index (κ2) is 6.29. The van der Waals surface area contributed by atoms with Crippen molar-refractivity contribution in [2.24, 2.45) is 0 Å². The van der Waals surface area contributed by atoms with Crippen molar-refractivity contribution in [3.8, 4) is 0 Å². The van der Waals surface area contributed by atoms with Gasteiger partial charge in [-0.05, 0) is 36.8 Å². The smallest absolute Gasteiger partial charge is 0.330 e. The molecule has 3 nitrogen and oxygen atoms in total. The Balaban J connectivity index is 2.34. The molecule has 1 atom stereocenters. The molecule has 0 saturated carbocycles. The van der Waals surface area contributed by atoms with Crippen LogP contribution in [0.2, 0.25) is 5.02 Å². The van der Waals surface area contributed by atoms with Crippen LogP contribution in [0.5, 0.6) is 0 Å². The summed E-state index contributed by atoms with van der Waals surface area (Å²) in [5.74, 6) is -0.976. The highest BCUT2D eigenvalue weighted by molar-refractivity contribution is 9.10. The highest BCUT2D eigenvalue weighted by atomic mass is 79.9. The zero-order valence-electron chi connectivity index (χ0n) is 10.7. The summed E-state index contributed by atoms with van der Waals surface area (Å²) >= 11 is 9.44.